The minimum absolute atomic E-state index is 0.0396. The summed E-state index contributed by atoms with van der Waals surface area (Å²) < 4.78 is 11.0. The predicted octanol–water partition coefficient (Wildman–Crippen LogP) is 4.35. The van der Waals surface area contributed by atoms with Gasteiger partial charge in [-0.15, -0.1) is 11.3 Å². The molecule has 6 nitrogen and oxygen atoms in total. The Balaban J connectivity index is 1.51. The van der Waals surface area contributed by atoms with Gasteiger partial charge in [0.05, 0.1) is 25.3 Å². The third-order valence-corrected chi connectivity index (χ3v) is 5.83. The van der Waals surface area contributed by atoms with E-state index >= 15 is 0 Å². The molecule has 164 valence electrons. The summed E-state index contributed by atoms with van der Waals surface area (Å²) in [6, 6.07) is 15.1. The molecule has 0 fully saturated rings. The summed E-state index contributed by atoms with van der Waals surface area (Å²) in [6.45, 7) is 0.849. The minimum Gasteiger partial charge on any atom is -0.497 e. The zero-order valence-electron chi connectivity index (χ0n) is 17.8. The highest BCUT2D eigenvalue weighted by Crippen LogP contribution is 2.22. The van der Waals surface area contributed by atoms with Crippen molar-refractivity contribution in [2.75, 3.05) is 27.7 Å². The number of methoxy groups -OCH3 is 1. The lowest BCUT2D eigenvalue weighted by molar-refractivity contribution is -0.120. The Morgan fingerprint density at radius 1 is 1.19 bits per heavy atom. The van der Waals surface area contributed by atoms with Crippen molar-refractivity contribution in [2.24, 2.45) is 0 Å². The van der Waals surface area contributed by atoms with Crippen molar-refractivity contribution in [3.8, 4) is 11.5 Å². The monoisotopic (exact) mass is 459 g/mol. The van der Waals surface area contributed by atoms with E-state index in [1.54, 1.807) is 19.2 Å². The molecule has 0 spiro atoms. The number of benzene rings is 2. The normalized spacial score (nSPS) is 11.9. The summed E-state index contributed by atoms with van der Waals surface area (Å²) in [5, 5.41) is 6.40. The third-order valence-electron chi connectivity index (χ3n) is 4.71. The summed E-state index contributed by atoms with van der Waals surface area (Å²) >= 11 is 7.36. The average Bonchev–Trinajstić information content (AvgIpc) is 3.20. The van der Waals surface area contributed by atoms with E-state index in [1.165, 1.54) is 11.3 Å². The van der Waals surface area contributed by atoms with Crippen molar-refractivity contribution >= 4 is 28.8 Å². The van der Waals surface area contributed by atoms with E-state index in [-0.39, 0.29) is 18.4 Å². The highest BCUT2D eigenvalue weighted by atomic mass is 35.5. The summed E-state index contributed by atoms with van der Waals surface area (Å²) in [6.07, 6.45) is 0.232. The molecule has 0 saturated heterocycles. The number of carbonyl (C=O) groups excluding carboxylic acids is 1. The predicted molar refractivity (Wildman–Crippen MR) is 124 cm³/mol. The van der Waals surface area contributed by atoms with E-state index in [1.807, 2.05) is 55.9 Å². The summed E-state index contributed by atoms with van der Waals surface area (Å²) in [5.74, 6) is 1.46. The third kappa shape index (κ3) is 6.95. The molecule has 2 aromatic carbocycles. The van der Waals surface area contributed by atoms with Crippen molar-refractivity contribution < 1.29 is 14.3 Å². The Morgan fingerprint density at radius 2 is 1.97 bits per heavy atom. The number of aromatic nitrogens is 1. The molecule has 0 saturated carbocycles. The first-order valence-corrected chi connectivity index (χ1v) is 11.1. The second kappa shape index (κ2) is 11.1. The van der Waals surface area contributed by atoms with Crippen LogP contribution in [0.4, 0.5) is 0 Å². The number of carbonyl (C=O) groups is 1. The molecule has 0 aliphatic heterocycles. The van der Waals surface area contributed by atoms with Gasteiger partial charge in [-0.3, -0.25) is 4.79 Å². The van der Waals surface area contributed by atoms with E-state index in [0.717, 1.165) is 27.8 Å². The number of ether oxygens (including phenoxy) is 2. The molecule has 1 N–H and O–H groups in total. The van der Waals surface area contributed by atoms with Gasteiger partial charge >= 0.3 is 0 Å². The fraction of sp³-hybridized carbons (Fsp3) is 0.304. The van der Waals surface area contributed by atoms with Crippen molar-refractivity contribution in [2.45, 2.75) is 19.1 Å². The van der Waals surface area contributed by atoms with Gasteiger partial charge in [0, 0.05) is 16.9 Å². The largest absolute Gasteiger partial charge is 0.497 e. The number of rotatable bonds is 10. The lowest BCUT2D eigenvalue weighted by Gasteiger charge is -2.25. The molecule has 8 heteroatoms. The van der Waals surface area contributed by atoms with E-state index in [4.69, 9.17) is 21.1 Å². The SMILES string of the molecule is COc1cccc(C(CNC(=O)Cc2csc(COc3ccc(Cl)cc3)n2)N(C)C)c1. The Hall–Kier alpha value is -2.61. The topological polar surface area (TPSA) is 63.7 Å². The maximum absolute atomic E-state index is 12.5. The summed E-state index contributed by atoms with van der Waals surface area (Å²) in [4.78, 5) is 19.1. The Morgan fingerprint density at radius 3 is 2.68 bits per heavy atom. The second-order valence-corrected chi connectivity index (χ2v) is 8.59. The number of nitrogens with zero attached hydrogens (tertiary/aromatic N) is 2. The smallest absolute Gasteiger partial charge is 0.226 e. The zero-order valence-corrected chi connectivity index (χ0v) is 19.4. The maximum Gasteiger partial charge on any atom is 0.226 e. The van der Waals surface area contributed by atoms with Gasteiger partial charge < -0.3 is 19.7 Å². The van der Waals surface area contributed by atoms with Gasteiger partial charge in [0.25, 0.3) is 0 Å². The highest BCUT2D eigenvalue weighted by Gasteiger charge is 2.17. The molecule has 0 bridgehead atoms. The quantitative estimate of drug-likeness (QED) is 0.488. The van der Waals surface area contributed by atoms with Crippen LogP contribution in [0.2, 0.25) is 5.02 Å². The number of hydrogen-bond donors (Lipinski definition) is 1. The lowest BCUT2D eigenvalue weighted by atomic mass is 10.1. The van der Waals surface area contributed by atoms with Crippen LogP contribution < -0.4 is 14.8 Å². The van der Waals surface area contributed by atoms with Crippen LogP contribution in [0.3, 0.4) is 0 Å². The first kappa shape index (κ1) is 23.1. The van der Waals surface area contributed by atoms with Crippen LogP contribution in [-0.4, -0.2) is 43.5 Å². The van der Waals surface area contributed by atoms with Gasteiger partial charge in [-0.1, -0.05) is 23.7 Å². The van der Waals surface area contributed by atoms with Gasteiger partial charge in [0.15, 0.2) is 0 Å². The number of thiazole rings is 1. The van der Waals surface area contributed by atoms with Crippen LogP contribution in [0, 0.1) is 0 Å². The number of nitrogens with one attached hydrogen (secondary N) is 1. The molecule has 1 amide bonds. The van der Waals surface area contributed by atoms with Crippen LogP contribution in [0.15, 0.2) is 53.9 Å². The van der Waals surface area contributed by atoms with Gasteiger partial charge in [0.2, 0.25) is 5.91 Å². The average molecular weight is 460 g/mol. The van der Waals surface area contributed by atoms with Crippen LogP contribution in [-0.2, 0) is 17.8 Å². The molecule has 3 aromatic rings. The number of hydrogen-bond acceptors (Lipinski definition) is 6. The minimum atomic E-state index is -0.0646. The van der Waals surface area contributed by atoms with Crippen LogP contribution >= 0.6 is 22.9 Å². The van der Waals surface area contributed by atoms with Gasteiger partial charge in [-0.05, 0) is 56.1 Å². The molecule has 0 aliphatic carbocycles. The molecule has 31 heavy (non-hydrogen) atoms. The van der Waals surface area contributed by atoms with Crippen LogP contribution in [0.25, 0.3) is 0 Å². The van der Waals surface area contributed by atoms with Crippen LogP contribution in [0.1, 0.15) is 22.3 Å². The molecular weight excluding hydrogens is 434 g/mol. The Bertz CT molecular complexity index is 992. The molecular formula is C23H26ClN3O3S. The van der Waals surface area contributed by atoms with Gasteiger partial charge in [-0.25, -0.2) is 4.98 Å². The molecule has 1 unspecified atom stereocenters. The second-order valence-electron chi connectivity index (χ2n) is 7.21. The standard InChI is InChI=1S/C23H26ClN3O3S/c1-27(2)21(16-5-4-6-20(11-16)29-3)13-25-22(28)12-18-15-31-23(26-18)14-30-19-9-7-17(24)8-10-19/h4-11,15,21H,12-14H2,1-3H3,(H,25,28). The number of halogens is 1. The molecule has 1 aromatic heterocycles. The van der Waals surface area contributed by atoms with Crippen molar-refractivity contribution in [3.63, 3.8) is 0 Å². The van der Waals surface area contributed by atoms with E-state index in [2.05, 4.69) is 15.2 Å². The number of amides is 1. The lowest BCUT2D eigenvalue weighted by Crippen LogP contribution is -2.35. The van der Waals surface area contributed by atoms with Gasteiger partial charge in [-0.2, -0.15) is 0 Å². The zero-order chi connectivity index (χ0) is 22.2. The molecule has 0 aliphatic rings. The fourth-order valence-electron chi connectivity index (χ4n) is 3.06. The fourth-order valence-corrected chi connectivity index (χ4v) is 3.89. The summed E-state index contributed by atoms with van der Waals surface area (Å²) in [5.41, 5.74) is 1.82. The van der Waals surface area contributed by atoms with Crippen molar-refractivity contribution in [1.29, 1.82) is 0 Å². The van der Waals surface area contributed by atoms with Crippen molar-refractivity contribution in [3.05, 3.63) is 75.2 Å². The van der Waals surface area contributed by atoms with Crippen molar-refractivity contribution in [1.82, 2.24) is 15.2 Å². The highest BCUT2D eigenvalue weighted by molar-refractivity contribution is 7.09. The Labute approximate surface area is 191 Å². The first-order chi connectivity index (χ1) is 14.9. The molecule has 0 radical (unpaired) electrons. The molecule has 1 atom stereocenters. The van der Waals surface area contributed by atoms with E-state index in [9.17, 15) is 4.79 Å². The first-order valence-electron chi connectivity index (χ1n) is 9.83. The molecule has 3 rings (SSSR count). The van der Waals surface area contributed by atoms with E-state index < -0.39 is 0 Å². The molecule has 1 heterocycles. The Kier molecular flexibility index (Phi) is 8.28. The maximum atomic E-state index is 12.5. The summed E-state index contributed by atoms with van der Waals surface area (Å²) in [7, 11) is 5.63. The van der Waals surface area contributed by atoms with Gasteiger partial charge in [0.1, 0.15) is 23.1 Å². The number of likely N-dealkylation sites (N-methyl/N-ethyl adjacent to an activating group) is 1. The van der Waals surface area contributed by atoms with E-state index in [0.29, 0.717) is 18.2 Å². The van der Waals surface area contributed by atoms with Crippen LogP contribution in [0.5, 0.6) is 11.5 Å².